The van der Waals surface area contributed by atoms with E-state index in [0.29, 0.717) is 38.5 Å². The van der Waals surface area contributed by atoms with Gasteiger partial charge in [-0.25, -0.2) is 28.8 Å². The predicted molar refractivity (Wildman–Crippen MR) is 255 cm³/mol. The molecule has 0 aliphatic rings. The van der Waals surface area contributed by atoms with Gasteiger partial charge in [-0.2, -0.15) is 70.6 Å². The molecule has 0 heterocycles. The van der Waals surface area contributed by atoms with E-state index < -0.39 is 103 Å². The molecule has 0 aromatic carbocycles. The van der Waals surface area contributed by atoms with E-state index in [2.05, 4.69) is 34.4 Å². The van der Waals surface area contributed by atoms with Gasteiger partial charge < -0.3 is 92.4 Å². The number of aliphatic carboxylic acids is 6. The van der Waals surface area contributed by atoms with Gasteiger partial charge in [-0.3, -0.25) is 25.3 Å². The Balaban J connectivity index is -0.0000000846. The fraction of sp³-hybridized carbons (Fsp3) is 0.800. The summed E-state index contributed by atoms with van der Waals surface area (Å²) >= 11 is 9.86. The highest BCUT2D eigenvalue weighted by molar-refractivity contribution is 7.99. The maximum absolute atomic E-state index is 10.1. The molecule has 24 N–H and O–H groups in total. The van der Waals surface area contributed by atoms with Crippen molar-refractivity contribution in [2.75, 3.05) is 72.1 Å². The molecule has 0 aliphatic heterocycles. The number of thioether (sulfide) groups is 6. The van der Waals surface area contributed by atoms with Crippen LogP contribution in [0.2, 0.25) is 0 Å². The van der Waals surface area contributed by atoms with E-state index in [9.17, 15) is 28.8 Å². The van der Waals surface area contributed by atoms with Crippen molar-refractivity contribution in [2.45, 2.75) is 74.8 Å². The third-order valence-corrected chi connectivity index (χ3v) is 9.98. The highest BCUT2D eigenvalue weighted by atomic mass is 32.3. The summed E-state index contributed by atoms with van der Waals surface area (Å²) in [6.45, 7) is 0. The Bertz CT molecular complexity index is 1340. The first-order chi connectivity index (χ1) is 31.1. The van der Waals surface area contributed by atoms with Crippen LogP contribution in [0.3, 0.4) is 0 Å². The molecular formula is C30H72N6O24S9. The molecule has 30 nitrogen and oxygen atoms in total. The summed E-state index contributed by atoms with van der Waals surface area (Å²) in [5.41, 5.74) is 20.8. The molecule has 0 spiro atoms. The van der Waals surface area contributed by atoms with E-state index in [4.69, 9.17) is 83.2 Å². The summed E-state index contributed by atoms with van der Waals surface area (Å²) in [5, 5.41) is 50.0. The lowest BCUT2D eigenvalue weighted by Crippen LogP contribution is -2.65. The van der Waals surface area contributed by atoms with Crippen LogP contribution in [0.15, 0.2) is 0 Å². The first-order valence-electron chi connectivity index (χ1n) is 18.4. The minimum Gasteiger partial charge on any atom is -0.759 e. The molecule has 69 heavy (non-hydrogen) atoms. The zero-order valence-corrected chi connectivity index (χ0v) is 46.2. The molecule has 0 bridgehead atoms. The largest absolute Gasteiger partial charge is 0.759 e. The van der Waals surface area contributed by atoms with Gasteiger partial charge in [-0.1, -0.05) is 0 Å². The first-order valence-corrected chi connectivity index (χ1v) is 30.7. The molecule has 0 saturated carbocycles. The second-order valence-corrected chi connectivity index (χ2v) is 20.5. The molecule has 420 valence electrons. The second-order valence-electron chi connectivity index (χ2n) is 12.1. The summed E-state index contributed by atoms with van der Waals surface area (Å²) in [6.07, 6.45) is 15.7. The molecule has 0 radical (unpaired) electrons. The van der Waals surface area contributed by atoms with Crippen LogP contribution < -0.4 is 34.4 Å². The Hall–Kier alpha value is -1.71. The maximum Gasteiger partial charge on any atom is 0.362 e. The standard InChI is InChI=1S/6C5H11NO2S.3H2O4S/c6*1-9-3-2-4(6)5(7)8;3*1-5(2,3)4/h6*4H,2-3,6H2,1H3,(H,7,8);3*(H2,1,2,3,4)/t6*4-;;;/m000000.../s1. The third kappa shape index (κ3) is 128. The predicted octanol–water partition coefficient (Wildman–Crippen LogP) is -7.41. The molecular weight excluding hydrogens is 1120 g/mol. The lowest BCUT2D eigenvalue weighted by molar-refractivity contribution is -0.408. The zero-order chi connectivity index (χ0) is 57.2. The van der Waals surface area contributed by atoms with E-state index in [-0.39, 0.29) is 0 Å². The van der Waals surface area contributed by atoms with Crippen LogP contribution in [0.1, 0.15) is 38.5 Å². The van der Waals surface area contributed by atoms with Crippen molar-refractivity contribution < 1.29 is 146 Å². The topological polar surface area (TPSA) is 630 Å². The molecule has 6 atom stereocenters. The molecule has 0 aromatic rings. The van der Waals surface area contributed by atoms with Gasteiger partial charge in [-0.15, -0.1) is 0 Å². The van der Waals surface area contributed by atoms with Crippen LogP contribution in [0.25, 0.3) is 0 Å². The first kappa shape index (κ1) is 87.0. The van der Waals surface area contributed by atoms with Crippen molar-refractivity contribution in [1.82, 2.24) is 0 Å². The molecule has 0 fully saturated rings. The Kier molecular flexibility index (Phi) is 72.1. The number of rotatable bonds is 24. The Morgan fingerprint density at radius 3 is 0.435 bits per heavy atom. The summed E-state index contributed by atoms with van der Waals surface area (Å²) in [4.78, 5) is 60.8. The van der Waals surface area contributed by atoms with Gasteiger partial charge in [0.05, 0.1) is 0 Å². The van der Waals surface area contributed by atoms with Gasteiger partial charge in [0, 0.05) is 69.7 Å². The smallest absolute Gasteiger partial charge is 0.362 e. The third-order valence-electron chi connectivity index (χ3n) is 6.12. The van der Waals surface area contributed by atoms with Gasteiger partial charge in [0.15, 0.2) is 36.3 Å². The number of hydrogen-bond donors (Lipinski definition) is 12. The molecule has 0 saturated heterocycles. The normalized spacial score (nSPS) is 12.8. The molecule has 0 aliphatic carbocycles. The van der Waals surface area contributed by atoms with E-state index in [0.717, 1.165) is 34.5 Å². The monoisotopic (exact) mass is 1190 g/mol. The molecule has 0 aromatic heterocycles. The summed E-state index contributed by atoms with van der Waals surface area (Å²) in [5.74, 6) is 0.442. The minimum absolute atomic E-state index is 0.433. The van der Waals surface area contributed by atoms with Crippen LogP contribution >= 0.6 is 70.6 Å². The molecule has 0 rings (SSSR count). The van der Waals surface area contributed by atoms with E-state index in [1.807, 2.05) is 37.5 Å². The van der Waals surface area contributed by atoms with Crippen molar-refractivity contribution in [3.8, 4) is 0 Å². The average Bonchev–Trinajstić information content (AvgIpc) is 3.20. The lowest BCUT2D eigenvalue weighted by Gasteiger charge is -2.06. The van der Waals surface area contributed by atoms with Crippen molar-refractivity contribution in [3.05, 3.63) is 0 Å². The van der Waals surface area contributed by atoms with Crippen molar-refractivity contribution in [3.63, 3.8) is 0 Å². The van der Waals surface area contributed by atoms with Crippen LogP contribution in [-0.2, 0) is 60.0 Å². The number of hydrogen-bond acceptors (Lipinski definition) is 24. The quantitative estimate of drug-likeness (QED) is 0.0315. The van der Waals surface area contributed by atoms with Gasteiger partial charge in [0.2, 0.25) is 0 Å². The fourth-order valence-corrected chi connectivity index (χ4v) is 5.42. The highest BCUT2D eigenvalue weighted by Gasteiger charge is 2.16. The molecule has 39 heteroatoms. The second kappa shape index (κ2) is 57.2. The van der Waals surface area contributed by atoms with Gasteiger partial charge in [0.1, 0.15) is 0 Å². The Morgan fingerprint density at radius 2 is 0.391 bits per heavy atom. The minimum atomic E-state index is -5.17. The van der Waals surface area contributed by atoms with Crippen LogP contribution in [0.5, 0.6) is 0 Å². The molecule has 0 amide bonds. The average molecular weight is 1190 g/mol. The van der Waals surface area contributed by atoms with Crippen LogP contribution in [0.4, 0.5) is 0 Å². The Labute approximate surface area is 428 Å². The van der Waals surface area contributed by atoms with E-state index >= 15 is 0 Å². The van der Waals surface area contributed by atoms with E-state index in [1.165, 1.54) is 0 Å². The lowest BCUT2D eigenvalue weighted by atomic mass is 10.2. The van der Waals surface area contributed by atoms with Crippen molar-refractivity contribution in [2.24, 2.45) is 0 Å². The molecule has 0 unspecified atom stereocenters. The number of carboxylic acid groups (broad SMARTS) is 6. The van der Waals surface area contributed by atoms with Crippen LogP contribution in [-0.4, -0.2) is 227 Å². The maximum atomic E-state index is 10.1. The summed E-state index contributed by atoms with van der Waals surface area (Å²) in [6, 6.07) is -2.60. The number of carbonyl (C=O) groups is 6. The highest BCUT2D eigenvalue weighted by Crippen LogP contribution is 2.00. The number of carboxylic acids is 6. The van der Waals surface area contributed by atoms with Crippen LogP contribution in [0, 0.1) is 0 Å². The van der Waals surface area contributed by atoms with Gasteiger partial charge >= 0.3 is 35.8 Å². The zero-order valence-electron chi connectivity index (χ0n) is 38.9. The number of quaternary nitrogens is 6. The fourth-order valence-electron chi connectivity index (χ4n) is 2.30. The Morgan fingerprint density at radius 1 is 0.319 bits per heavy atom. The van der Waals surface area contributed by atoms with Crippen molar-refractivity contribution >= 4 is 138 Å². The SMILES string of the molecule is CSCC[C@H]([NH3+])C(=O)O.CSCC[C@H]([NH3+])C(=O)O.CSCC[C@H]([NH3+])C(=O)O.CSCC[C@H]([NH3+])C(=O)O.CSCC[C@H]([NH3+])C(=O)O.CSCC[C@H]([NH3+])C(=O)O.O=S(=O)([O-])[O-].O=S(=O)([O-])[O-].O=S(=O)([O-])[O-]. The summed E-state index contributed by atoms with van der Waals surface area (Å²) < 4.78 is 102. The van der Waals surface area contributed by atoms with Gasteiger partial charge in [0.25, 0.3) is 0 Å². The van der Waals surface area contributed by atoms with Gasteiger partial charge in [-0.05, 0) is 72.1 Å². The van der Waals surface area contributed by atoms with E-state index in [1.54, 1.807) is 70.6 Å². The van der Waals surface area contributed by atoms with Crippen molar-refractivity contribution in [1.29, 1.82) is 0 Å². The summed E-state index contributed by atoms with van der Waals surface area (Å²) in [7, 11) is -15.5.